The first-order valence-electron chi connectivity index (χ1n) is 15.1. The van der Waals surface area contributed by atoms with E-state index in [0.717, 1.165) is 16.9 Å². The van der Waals surface area contributed by atoms with Crippen LogP contribution in [0.1, 0.15) is 0 Å². The summed E-state index contributed by atoms with van der Waals surface area (Å²) >= 11 is 0. The predicted molar refractivity (Wildman–Crippen MR) is 188 cm³/mol. The second kappa shape index (κ2) is 11.0. The van der Waals surface area contributed by atoms with Gasteiger partial charge in [0.05, 0.1) is 16.7 Å². The van der Waals surface area contributed by atoms with Crippen molar-refractivity contribution in [1.29, 1.82) is 0 Å². The minimum Gasteiger partial charge on any atom is -0.309 e. The van der Waals surface area contributed by atoms with Crippen molar-refractivity contribution in [2.24, 2.45) is 0 Å². The van der Waals surface area contributed by atoms with Gasteiger partial charge in [0, 0.05) is 28.2 Å². The first-order valence-corrected chi connectivity index (χ1v) is 17.1. The number of nitrogens with zero attached hydrogens (tertiary/aromatic N) is 2. The summed E-state index contributed by atoms with van der Waals surface area (Å²) in [6.07, 6.45) is 1.99. The minimum absolute atomic E-state index is 0.982. The molecule has 0 atom stereocenters. The third-order valence-electron chi connectivity index (χ3n) is 8.81. The summed E-state index contributed by atoms with van der Waals surface area (Å²) in [5.74, 6) is 0. The van der Waals surface area contributed by atoms with Crippen molar-refractivity contribution in [3.05, 3.63) is 182 Å². The summed E-state index contributed by atoms with van der Waals surface area (Å²) < 4.78 is 2.36. The van der Waals surface area contributed by atoms with E-state index in [4.69, 9.17) is 4.98 Å². The Morgan fingerprint density at radius 2 is 0.864 bits per heavy atom. The molecular formula is C41H30N2Si. The van der Waals surface area contributed by atoms with Crippen molar-refractivity contribution in [3.8, 4) is 16.9 Å². The number of benzene rings is 6. The highest BCUT2D eigenvalue weighted by atomic mass is 28.3. The van der Waals surface area contributed by atoms with E-state index >= 15 is 0 Å². The van der Waals surface area contributed by atoms with Crippen LogP contribution in [0.25, 0.3) is 38.8 Å². The molecule has 0 fully saturated rings. The predicted octanol–water partition coefficient (Wildman–Crippen LogP) is 7.22. The van der Waals surface area contributed by atoms with E-state index in [1.807, 2.05) is 6.20 Å². The Bertz CT molecular complexity index is 2050. The highest BCUT2D eigenvalue weighted by molar-refractivity contribution is 7.19. The fourth-order valence-corrected chi connectivity index (χ4v) is 11.6. The summed E-state index contributed by atoms with van der Waals surface area (Å²) in [7, 11) is -2.62. The number of fused-ring (bicyclic) bond motifs is 3. The molecule has 6 aromatic carbocycles. The molecule has 2 heterocycles. The molecule has 3 heteroatoms. The Labute approximate surface area is 258 Å². The Morgan fingerprint density at radius 1 is 0.409 bits per heavy atom. The molecule has 208 valence electrons. The van der Waals surface area contributed by atoms with Crippen LogP contribution >= 0.6 is 0 Å². The zero-order valence-electron chi connectivity index (χ0n) is 24.2. The fourth-order valence-electron chi connectivity index (χ4n) is 6.87. The number of hydrogen-bond acceptors (Lipinski definition) is 1. The van der Waals surface area contributed by atoms with Gasteiger partial charge in [0.1, 0.15) is 0 Å². The molecule has 2 nitrogen and oxygen atoms in total. The van der Waals surface area contributed by atoms with Crippen molar-refractivity contribution in [2.75, 3.05) is 0 Å². The Morgan fingerprint density at radius 3 is 1.36 bits per heavy atom. The maximum atomic E-state index is 4.91. The Kier molecular flexibility index (Phi) is 6.51. The molecule has 0 spiro atoms. The number of hydrogen-bond donors (Lipinski definition) is 0. The maximum Gasteiger partial charge on any atom is 0.179 e. The van der Waals surface area contributed by atoms with Crippen LogP contribution < -0.4 is 20.7 Å². The van der Waals surface area contributed by atoms with Crippen LogP contribution in [-0.2, 0) is 0 Å². The lowest BCUT2D eigenvalue weighted by Gasteiger charge is -2.34. The van der Waals surface area contributed by atoms with Crippen LogP contribution in [0.2, 0.25) is 0 Å². The van der Waals surface area contributed by atoms with Gasteiger partial charge < -0.3 is 4.57 Å². The molecule has 0 aliphatic carbocycles. The van der Waals surface area contributed by atoms with E-state index in [9.17, 15) is 0 Å². The third kappa shape index (κ3) is 4.21. The zero-order valence-corrected chi connectivity index (χ0v) is 25.2. The van der Waals surface area contributed by atoms with Gasteiger partial charge in [-0.05, 0) is 57.1 Å². The van der Waals surface area contributed by atoms with E-state index in [1.165, 1.54) is 42.6 Å². The second-order valence-electron chi connectivity index (χ2n) is 11.2. The van der Waals surface area contributed by atoms with Crippen molar-refractivity contribution >= 4 is 50.6 Å². The van der Waals surface area contributed by atoms with Gasteiger partial charge in [-0.3, -0.25) is 4.98 Å². The van der Waals surface area contributed by atoms with Gasteiger partial charge in [0.15, 0.2) is 8.07 Å². The molecule has 2 aromatic heterocycles. The zero-order chi connectivity index (χ0) is 29.3. The number of rotatable bonds is 6. The molecule has 0 unspecified atom stereocenters. The molecule has 8 aromatic rings. The topological polar surface area (TPSA) is 17.8 Å². The van der Waals surface area contributed by atoms with Crippen LogP contribution in [0.5, 0.6) is 0 Å². The van der Waals surface area contributed by atoms with Crippen LogP contribution in [0.3, 0.4) is 0 Å². The minimum atomic E-state index is -2.62. The van der Waals surface area contributed by atoms with E-state index in [2.05, 4.69) is 180 Å². The van der Waals surface area contributed by atoms with Crippen LogP contribution in [0.4, 0.5) is 0 Å². The molecule has 0 aliphatic heterocycles. The lowest BCUT2D eigenvalue weighted by Crippen LogP contribution is -2.74. The largest absolute Gasteiger partial charge is 0.309 e. The van der Waals surface area contributed by atoms with Gasteiger partial charge in [-0.15, -0.1) is 0 Å². The van der Waals surface area contributed by atoms with E-state index in [1.54, 1.807) is 0 Å². The molecule has 44 heavy (non-hydrogen) atoms. The van der Waals surface area contributed by atoms with Crippen molar-refractivity contribution in [2.45, 2.75) is 0 Å². The average molecular weight is 579 g/mol. The van der Waals surface area contributed by atoms with E-state index in [0.29, 0.717) is 0 Å². The van der Waals surface area contributed by atoms with Gasteiger partial charge in [-0.1, -0.05) is 140 Å². The lowest BCUT2D eigenvalue weighted by molar-refractivity contribution is 1.18. The lowest BCUT2D eigenvalue weighted by atomic mass is 10.1. The van der Waals surface area contributed by atoms with E-state index in [-0.39, 0.29) is 0 Å². The van der Waals surface area contributed by atoms with Crippen LogP contribution in [-0.4, -0.2) is 17.6 Å². The van der Waals surface area contributed by atoms with E-state index < -0.39 is 8.07 Å². The van der Waals surface area contributed by atoms with Crippen molar-refractivity contribution in [3.63, 3.8) is 0 Å². The normalized spacial score (nSPS) is 11.6. The molecule has 8 rings (SSSR count). The molecule has 0 saturated carbocycles. The van der Waals surface area contributed by atoms with Gasteiger partial charge in [-0.2, -0.15) is 0 Å². The molecule has 0 amide bonds. The Balaban J connectivity index is 1.29. The average Bonchev–Trinajstić information content (AvgIpc) is 3.45. The fraction of sp³-hybridized carbons (Fsp3) is 0. The van der Waals surface area contributed by atoms with Gasteiger partial charge >= 0.3 is 0 Å². The smallest absolute Gasteiger partial charge is 0.179 e. The summed E-state index contributed by atoms with van der Waals surface area (Å²) in [6, 6.07) is 63.8. The van der Waals surface area contributed by atoms with Crippen LogP contribution in [0, 0.1) is 0 Å². The Hall–Kier alpha value is -5.51. The molecule has 0 aliphatic rings. The number of pyridine rings is 1. The summed E-state index contributed by atoms with van der Waals surface area (Å²) in [5.41, 5.74) is 5.66. The maximum absolute atomic E-state index is 4.91. The first kappa shape index (κ1) is 26.1. The molecular weight excluding hydrogens is 549 g/mol. The quantitative estimate of drug-likeness (QED) is 0.150. The summed E-state index contributed by atoms with van der Waals surface area (Å²) in [4.78, 5) is 4.91. The monoisotopic (exact) mass is 578 g/mol. The number of aromatic nitrogens is 2. The number of para-hydroxylation sites is 2. The highest BCUT2D eigenvalue weighted by Crippen LogP contribution is 2.32. The second-order valence-corrected chi connectivity index (χ2v) is 15.0. The first-order chi connectivity index (χ1) is 21.8. The molecule has 0 bridgehead atoms. The summed E-state index contributed by atoms with van der Waals surface area (Å²) in [6.45, 7) is 0. The van der Waals surface area contributed by atoms with Gasteiger partial charge in [-0.25, -0.2) is 0 Å². The van der Waals surface area contributed by atoms with Gasteiger partial charge in [0.2, 0.25) is 0 Å². The van der Waals surface area contributed by atoms with Crippen molar-refractivity contribution < 1.29 is 0 Å². The standard InChI is InChI=1S/C41H30N2Si/c1-4-14-33(15-5-1)44(34-16-6-2-7-17-34,35-18-8-3-9-19-35)36-28-29-42-39(30-36)31-24-26-32(27-25-31)43-40-22-12-10-20-37(40)38-21-11-13-23-41(38)43/h1-30H. The van der Waals surface area contributed by atoms with Gasteiger partial charge in [0.25, 0.3) is 0 Å². The summed E-state index contributed by atoms with van der Waals surface area (Å²) in [5, 5.41) is 7.93. The highest BCUT2D eigenvalue weighted by Gasteiger charge is 2.41. The molecule has 0 saturated heterocycles. The van der Waals surface area contributed by atoms with Crippen molar-refractivity contribution in [1.82, 2.24) is 9.55 Å². The molecule has 0 radical (unpaired) electrons. The third-order valence-corrected chi connectivity index (χ3v) is 13.6. The SMILES string of the molecule is c1ccc([Si](c2ccccc2)(c2ccccc2)c2ccnc(-c3ccc(-n4c5ccccc5c5ccccc54)cc3)c2)cc1. The molecule has 0 N–H and O–H groups in total. The van der Waals surface area contributed by atoms with Crippen LogP contribution in [0.15, 0.2) is 182 Å².